The van der Waals surface area contributed by atoms with Crippen molar-refractivity contribution in [1.29, 1.82) is 0 Å². The summed E-state index contributed by atoms with van der Waals surface area (Å²) in [4.78, 5) is 33.0. The second kappa shape index (κ2) is 14.4. The number of anilines is 1. The highest BCUT2D eigenvalue weighted by molar-refractivity contribution is 6.29. The highest BCUT2D eigenvalue weighted by Gasteiger charge is 2.48. The van der Waals surface area contributed by atoms with Crippen LogP contribution in [0.15, 0.2) is 128 Å². The number of hydrogen-bond acceptors (Lipinski definition) is 7. The molecule has 1 N–H and O–H groups in total. The Balaban J connectivity index is 1.29. The van der Waals surface area contributed by atoms with Gasteiger partial charge < -0.3 is 19.2 Å². The lowest BCUT2D eigenvalue weighted by atomic mass is 9.61. The number of halogens is 2. The van der Waals surface area contributed by atoms with E-state index in [2.05, 4.69) is 46.3 Å². The van der Waals surface area contributed by atoms with Crippen molar-refractivity contribution in [1.82, 2.24) is 29.1 Å². The van der Waals surface area contributed by atoms with E-state index in [1.165, 1.54) is 6.20 Å². The number of aromatic nitrogens is 6. The lowest BCUT2D eigenvalue weighted by molar-refractivity contribution is -0.154. The summed E-state index contributed by atoms with van der Waals surface area (Å²) in [5, 5.41) is 3.64. The number of nitrogens with one attached hydrogen (secondary N) is 1. The third-order valence-corrected chi connectivity index (χ3v) is 11.6. The van der Waals surface area contributed by atoms with Gasteiger partial charge in [-0.2, -0.15) is 4.39 Å². The Morgan fingerprint density at radius 2 is 1.42 bits per heavy atom. The first kappa shape index (κ1) is 34.9. The molecule has 0 radical (unpaired) electrons. The number of nitrogens with zero attached hydrogens (tertiary/aromatic N) is 6. The van der Waals surface area contributed by atoms with Crippen LogP contribution in [0.1, 0.15) is 49.3 Å². The zero-order valence-corrected chi connectivity index (χ0v) is 31.0. The minimum absolute atomic E-state index is 0.0110. The van der Waals surface area contributed by atoms with Gasteiger partial charge in [-0.3, -0.25) is 4.79 Å². The zero-order chi connectivity index (χ0) is 37.5. The van der Waals surface area contributed by atoms with Crippen LogP contribution in [0.5, 0.6) is 0 Å². The Kier molecular flexibility index (Phi) is 9.14. The molecule has 0 spiro atoms. The summed E-state index contributed by atoms with van der Waals surface area (Å²) in [6.07, 6.45) is 10.8. The van der Waals surface area contributed by atoms with Gasteiger partial charge in [-0.15, -0.1) is 0 Å². The molecule has 2 atom stereocenters. The quantitative estimate of drug-likeness (QED) is 0.110. The number of ether oxygens (including phenoxy) is 1. The van der Waals surface area contributed by atoms with Gasteiger partial charge in [0.1, 0.15) is 16.2 Å². The summed E-state index contributed by atoms with van der Waals surface area (Å²) in [7, 11) is 0. The molecule has 0 saturated heterocycles. The number of rotatable bonds is 10. The van der Waals surface area contributed by atoms with Crippen molar-refractivity contribution < 1.29 is 13.9 Å². The summed E-state index contributed by atoms with van der Waals surface area (Å²) in [5.41, 5.74) is 3.52. The molecule has 0 amide bonds. The molecular weight excluding hydrogens is 713 g/mol. The largest absolute Gasteiger partial charge is 0.466 e. The molecule has 7 aromatic rings. The first-order chi connectivity index (χ1) is 27.0. The van der Waals surface area contributed by atoms with Crippen LogP contribution in [-0.2, 0) is 15.1 Å². The SMILES string of the molecule is CCOC(=O)[C@H]1C2CCC(CC2)[C@@H]1Nc1nc(-c2cn(C(c3ccccc3)(c3ccccc3)c3ccccc3)c3ncc(Cl)nc23)nc(-n2cccc2)c1F. The van der Waals surface area contributed by atoms with Gasteiger partial charge in [0.05, 0.1) is 24.3 Å². The number of carbonyl (C=O) groups excluding carboxylic acids is 1. The van der Waals surface area contributed by atoms with E-state index in [1.54, 1.807) is 17.0 Å². The number of fused-ring (bicyclic) bond motifs is 4. The Labute approximate surface area is 323 Å². The number of benzene rings is 3. The molecular formula is C44H39ClFN7O2. The normalized spacial score (nSPS) is 19.4. The maximum atomic E-state index is 16.9. The van der Waals surface area contributed by atoms with Gasteiger partial charge in [0.2, 0.25) is 5.82 Å². The summed E-state index contributed by atoms with van der Waals surface area (Å²) in [6, 6.07) is 34.1. The number of carbonyl (C=O) groups is 1. The van der Waals surface area contributed by atoms with Crippen molar-refractivity contribution in [2.45, 2.75) is 44.2 Å². The van der Waals surface area contributed by atoms with Crippen LogP contribution in [0.2, 0.25) is 5.15 Å². The van der Waals surface area contributed by atoms with Gasteiger partial charge in [0.15, 0.2) is 23.1 Å². The highest BCUT2D eigenvalue weighted by atomic mass is 35.5. The predicted octanol–water partition coefficient (Wildman–Crippen LogP) is 9.09. The predicted molar refractivity (Wildman–Crippen MR) is 210 cm³/mol. The number of hydrogen-bond donors (Lipinski definition) is 1. The fourth-order valence-electron chi connectivity index (χ4n) is 9.04. The lowest BCUT2D eigenvalue weighted by Crippen LogP contribution is -2.52. The van der Waals surface area contributed by atoms with E-state index in [0.29, 0.717) is 16.7 Å². The molecule has 10 rings (SSSR count). The van der Waals surface area contributed by atoms with Crippen molar-refractivity contribution in [3.05, 3.63) is 156 Å². The molecule has 4 aromatic heterocycles. The minimum atomic E-state index is -0.943. The molecule has 2 bridgehead atoms. The molecule has 3 aliphatic carbocycles. The summed E-state index contributed by atoms with van der Waals surface area (Å²) >= 11 is 6.61. The van der Waals surface area contributed by atoms with Crippen molar-refractivity contribution in [2.75, 3.05) is 11.9 Å². The van der Waals surface area contributed by atoms with Gasteiger partial charge in [-0.25, -0.2) is 19.9 Å². The van der Waals surface area contributed by atoms with E-state index in [9.17, 15) is 4.79 Å². The van der Waals surface area contributed by atoms with Gasteiger partial charge in [-0.05, 0) is 73.3 Å². The van der Waals surface area contributed by atoms with Crippen molar-refractivity contribution in [3.63, 3.8) is 0 Å². The standard InChI is InChI=1S/C44H39ClFN7O2/c1-2-55-43(54)35-28-20-22-29(23-21-28)37(35)49-40-36(46)41(52-24-12-13-25-52)51-39(50-40)33-27-53(42-38(33)48-34(45)26-47-42)44(30-14-6-3-7-15-30,31-16-8-4-9-17-31)32-18-10-5-11-19-32/h3-19,24-29,35,37H,2,20-23H2,1H3,(H,49,50,51)/t28?,29?,35-,37-/m0/s1. The molecule has 9 nitrogen and oxygen atoms in total. The minimum Gasteiger partial charge on any atom is -0.466 e. The summed E-state index contributed by atoms with van der Waals surface area (Å²) in [6.45, 7) is 2.10. The monoisotopic (exact) mass is 751 g/mol. The Bertz CT molecular complexity index is 2350. The molecule has 3 saturated carbocycles. The molecule has 55 heavy (non-hydrogen) atoms. The maximum Gasteiger partial charge on any atom is 0.311 e. The maximum absolute atomic E-state index is 16.9. The van der Waals surface area contributed by atoms with Gasteiger partial charge in [0.25, 0.3) is 0 Å². The van der Waals surface area contributed by atoms with Gasteiger partial charge in [-0.1, -0.05) is 103 Å². The Morgan fingerprint density at radius 1 is 0.836 bits per heavy atom. The average molecular weight is 752 g/mol. The smallest absolute Gasteiger partial charge is 0.311 e. The molecule has 0 unspecified atom stereocenters. The molecule has 3 fully saturated rings. The summed E-state index contributed by atoms with van der Waals surface area (Å²) in [5.74, 6) is -0.653. The Morgan fingerprint density at radius 3 is 2.00 bits per heavy atom. The second-order valence-corrected chi connectivity index (χ2v) is 14.7. The van der Waals surface area contributed by atoms with Crippen molar-refractivity contribution in [3.8, 4) is 17.2 Å². The van der Waals surface area contributed by atoms with E-state index in [0.717, 1.165) is 42.4 Å². The van der Waals surface area contributed by atoms with Crippen LogP contribution in [0.4, 0.5) is 10.2 Å². The fourth-order valence-corrected chi connectivity index (χ4v) is 9.17. The third kappa shape index (κ3) is 5.96. The van der Waals surface area contributed by atoms with Crippen LogP contribution in [0, 0.1) is 23.6 Å². The van der Waals surface area contributed by atoms with E-state index in [1.807, 2.05) is 79.9 Å². The van der Waals surface area contributed by atoms with Gasteiger partial charge >= 0.3 is 5.97 Å². The third-order valence-electron chi connectivity index (χ3n) is 11.4. The molecule has 0 aliphatic heterocycles. The first-order valence-corrected chi connectivity index (χ1v) is 19.2. The molecule has 276 valence electrons. The second-order valence-electron chi connectivity index (χ2n) is 14.3. The van der Waals surface area contributed by atoms with Gasteiger partial charge in [0, 0.05) is 24.6 Å². The molecule has 3 aromatic carbocycles. The van der Waals surface area contributed by atoms with Crippen molar-refractivity contribution >= 4 is 34.6 Å². The van der Waals surface area contributed by atoms with E-state index in [-0.39, 0.29) is 53.1 Å². The topological polar surface area (TPSA) is 99.8 Å². The summed E-state index contributed by atoms with van der Waals surface area (Å²) < 4.78 is 26.2. The van der Waals surface area contributed by atoms with E-state index in [4.69, 9.17) is 36.3 Å². The average Bonchev–Trinajstić information content (AvgIpc) is 3.90. The van der Waals surface area contributed by atoms with Crippen molar-refractivity contribution in [2.24, 2.45) is 17.8 Å². The van der Waals surface area contributed by atoms with Crippen LogP contribution in [0.25, 0.3) is 28.4 Å². The number of esters is 1. The van der Waals surface area contributed by atoms with E-state index >= 15 is 4.39 Å². The van der Waals surface area contributed by atoms with Crippen LogP contribution in [-0.4, -0.2) is 47.7 Å². The van der Waals surface area contributed by atoms with Crippen LogP contribution in [0.3, 0.4) is 0 Å². The molecule has 3 aliphatic rings. The first-order valence-electron chi connectivity index (χ1n) is 18.8. The molecule has 11 heteroatoms. The fraction of sp³-hybridized carbons (Fsp3) is 0.250. The lowest BCUT2D eigenvalue weighted by Gasteiger charge is -2.47. The zero-order valence-electron chi connectivity index (χ0n) is 30.2. The highest BCUT2D eigenvalue weighted by Crippen LogP contribution is 2.48. The molecule has 4 heterocycles. The Hall–Kier alpha value is -5.87. The van der Waals surface area contributed by atoms with E-state index < -0.39 is 17.3 Å². The van der Waals surface area contributed by atoms with Crippen LogP contribution >= 0.6 is 11.6 Å². The van der Waals surface area contributed by atoms with Crippen LogP contribution < -0.4 is 5.32 Å².